The van der Waals surface area contributed by atoms with Gasteiger partial charge in [-0.25, -0.2) is 8.78 Å². The molecule has 0 unspecified atom stereocenters. The summed E-state index contributed by atoms with van der Waals surface area (Å²) in [7, 11) is 0. The van der Waals surface area contributed by atoms with Gasteiger partial charge < -0.3 is 9.80 Å². The average molecular weight is 406 g/mol. The molecule has 0 spiro atoms. The van der Waals surface area contributed by atoms with E-state index in [1.165, 1.54) is 6.07 Å². The number of aryl methyl sites for hydroxylation is 2. The predicted molar refractivity (Wildman–Crippen MR) is 110 cm³/mol. The van der Waals surface area contributed by atoms with Crippen molar-refractivity contribution < 1.29 is 13.6 Å². The van der Waals surface area contributed by atoms with Crippen LogP contribution in [-0.4, -0.2) is 42.0 Å². The smallest absolute Gasteiger partial charge is 0.254 e. The minimum Gasteiger partial charge on any atom is -0.366 e. The second-order valence-electron chi connectivity index (χ2n) is 7.52. The molecule has 1 fully saturated rings. The minimum absolute atomic E-state index is 0.126. The topological polar surface area (TPSA) is 60.2 Å². The second-order valence-corrected chi connectivity index (χ2v) is 7.52. The summed E-state index contributed by atoms with van der Waals surface area (Å²) in [6.07, 6.45) is 1.60. The molecule has 0 bridgehead atoms. The minimum atomic E-state index is -1.04. The molecule has 5 nitrogen and oxygen atoms in total. The summed E-state index contributed by atoms with van der Waals surface area (Å²) in [5, 5.41) is 10.6. The number of nitrogens with zero attached hydrogens (tertiary/aromatic N) is 4. The Hall–Kier alpha value is -3.53. The van der Waals surface area contributed by atoms with Gasteiger partial charge in [-0.05, 0) is 43.7 Å². The zero-order valence-corrected chi connectivity index (χ0v) is 16.7. The van der Waals surface area contributed by atoms with E-state index < -0.39 is 11.6 Å². The maximum Gasteiger partial charge on any atom is 0.254 e. The first-order valence-electron chi connectivity index (χ1n) is 9.68. The van der Waals surface area contributed by atoms with Crippen LogP contribution in [0.2, 0.25) is 0 Å². The Morgan fingerprint density at radius 3 is 2.47 bits per heavy atom. The highest BCUT2D eigenvalue weighted by Crippen LogP contribution is 2.32. The van der Waals surface area contributed by atoms with Gasteiger partial charge in [-0.15, -0.1) is 0 Å². The van der Waals surface area contributed by atoms with Crippen LogP contribution in [-0.2, 0) is 0 Å². The number of anilines is 1. The fourth-order valence-corrected chi connectivity index (χ4v) is 4.01. The molecule has 2 heterocycles. The lowest BCUT2D eigenvalue weighted by molar-refractivity contribution is 0.0746. The van der Waals surface area contributed by atoms with Gasteiger partial charge in [0, 0.05) is 43.3 Å². The molecule has 1 aliphatic rings. The average Bonchev–Trinajstić information content (AvgIpc) is 2.74. The summed E-state index contributed by atoms with van der Waals surface area (Å²) in [4.78, 5) is 20.9. The van der Waals surface area contributed by atoms with Gasteiger partial charge in [0.05, 0.1) is 16.8 Å². The van der Waals surface area contributed by atoms with Crippen molar-refractivity contribution in [2.75, 3.05) is 31.1 Å². The van der Waals surface area contributed by atoms with E-state index in [1.54, 1.807) is 11.1 Å². The van der Waals surface area contributed by atoms with Crippen LogP contribution in [0.25, 0.3) is 10.9 Å². The van der Waals surface area contributed by atoms with Gasteiger partial charge in [0.15, 0.2) is 11.6 Å². The van der Waals surface area contributed by atoms with E-state index in [9.17, 15) is 18.8 Å². The molecule has 1 amide bonds. The molecule has 1 saturated heterocycles. The summed E-state index contributed by atoms with van der Waals surface area (Å²) >= 11 is 0. The van der Waals surface area contributed by atoms with Crippen molar-refractivity contribution in [3.8, 4) is 6.07 Å². The molecule has 2 aromatic carbocycles. The van der Waals surface area contributed by atoms with Crippen LogP contribution in [0.1, 0.15) is 27.0 Å². The molecular formula is C23H20F2N4O. The van der Waals surface area contributed by atoms with Crippen molar-refractivity contribution in [3.05, 3.63) is 70.4 Å². The van der Waals surface area contributed by atoms with Gasteiger partial charge in [-0.3, -0.25) is 9.78 Å². The number of nitriles is 1. The van der Waals surface area contributed by atoms with Crippen LogP contribution in [0.5, 0.6) is 0 Å². The number of piperazine rings is 1. The predicted octanol–water partition coefficient (Wildman–Crippen LogP) is 3.96. The fraction of sp³-hybridized carbons (Fsp3) is 0.261. The number of pyridine rings is 1. The molecule has 1 aliphatic heterocycles. The number of rotatable bonds is 2. The number of benzene rings is 2. The Morgan fingerprint density at radius 1 is 1.07 bits per heavy atom. The van der Waals surface area contributed by atoms with E-state index in [1.807, 2.05) is 19.9 Å². The van der Waals surface area contributed by atoms with E-state index in [0.29, 0.717) is 31.7 Å². The number of hydrogen-bond acceptors (Lipinski definition) is 4. The molecule has 3 aromatic rings. The largest absolute Gasteiger partial charge is 0.366 e. The number of aromatic nitrogens is 1. The number of carbonyl (C=O) groups is 1. The van der Waals surface area contributed by atoms with Crippen molar-refractivity contribution in [1.82, 2.24) is 9.88 Å². The summed E-state index contributed by atoms with van der Waals surface area (Å²) in [5.74, 6) is -2.34. The lowest BCUT2D eigenvalue weighted by Gasteiger charge is -2.37. The Labute approximate surface area is 173 Å². The first-order chi connectivity index (χ1) is 14.4. The Morgan fingerprint density at radius 2 is 1.80 bits per heavy atom. The molecular weight excluding hydrogens is 386 g/mol. The van der Waals surface area contributed by atoms with Crippen molar-refractivity contribution >= 4 is 22.5 Å². The van der Waals surface area contributed by atoms with Gasteiger partial charge in [-0.2, -0.15) is 5.26 Å². The Balaban J connectivity index is 1.61. The SMILES string of the molecule is Cc1cc(C)c2ncc(C#N)c(N3CCN(C(=O)c4ccc(F)c(F)c4)CC3)c2c1. The molecule has 0 aliphatic carbocycles. The van der Waals surface area contributed by atoms with E-state index in [0.717, 1.165) is 39.8 Å². The second kappa shape index (κ2) is 7.71. The Kier molecular flexibility index (Phi) is 5.08. The molecule has 152 valence electrons. The Bertz CT molecular complexity index is 1190. The third kappa shape index (κ3) is 3.45. The summed E-state index contributed by atoms with van der Waals surface area (Å²) in [5.41, 5.74) is 4.44. The van der Waals surface area contributed by atoms with E-state index >= 15 is 0 Å². The molecule has 1 aromatic heterocycles. The summed E-state index contributed by atoms with van der Waals surface area (Å²) in [6, 6.07) is 9.51. The van der Waals surface area contributed by atoms with Gasteiger partial charge in [0.1, 0.15) is 6.07 Å². The lowest BCUT2D eigenvalue weighted by Crippen LogP contribution is -2.49. The van der Waals surface area contributed by atoms with Gasteiger partial charge in [-0.1, -0.05) is 11.6 Å². The van der Waals surface area contributed by atoms with Crippen LogP contribution in [0.4, 0.5) is 14.5 Å². The molecule has 7 heteroatoms. The zero-order chi connectivity index (χ0) is 21.4. The van der Waals surface area contributed by atoms with Gasteiger partial charge >= 0.3 is 0 Å². The first-order valence-corrected chi connectivity index (χ1v) is 9.68. The monoisotopic (exact) mass is 406 g/mol. The van der Waals surface area contributed by atoms with E-state index in [4.69, 9.17) is 0 Å². The lowest BCUT2D eigenvalue weighted by atomic mass is 10.0. The van der Waals surface area contributed by atoms with Crippen molar-refractivity contribution in [3.63, 3.8) is 0 Å². The number of amides is 1. The van der Waals surface area contributed by atoms with Crippen molar-refractivity contribution in [2.45, 2.75) is 13.8 Å². The normalized spacial score (nSPS) is 14.1. The number of hydrogen-bond donors (Lipinski definition) is 0. The quantitative estimate of drug-likeness (QED) is 0.646. The maximum absolute atomic E-state index is 13.5. The van der Waals surface area contributed by atoms with E-state index in [2.05, 4.69) is 22.0 Å². The number of halogens is 2. The van der Waals surface area contributed by atoms with Crippen molar-refractivity contribution in [2.24, 2.45) is 0 Å². The molecule has 0 atom stereocenters. The zero-order valence-electron chi connectivity index (χ0n) is 16.7. The third-order valence-electron chi connectivity index (χ3n) is 5.45. The van der Waals surface area contributed by atoms with Gasteiger partial charge in [0.25, 0.3) is 5.91 Å². The van der Waals surface area contributed by atoms with Crippen LogP contribution in [0, 0.1) is 36.8 Å². The first kappa shape index (κ1) is 19.8. The molecule has 0 radical (unpaired) electrons. The van der Waals surface area contributed by atoms with E-state index in [-0.39, 0.29) is 11.5 Å². The van der Waals surface area contributed by atoms with Gasteiger partial charge in [0.2, 0.25) is 0 Å². The number of carbonyl (C=O) groups excluding carboxylic acids is 1. The van der Waals surface area contributed by atoms with Crippen LogP contribution in [0.3, 0.4) is 0 Å². The fourth-order valence-electron chi connectivity index (χ4n) is 4.01. The third-order valence-corrected chi connectivity index (χ3v) is 5.45. The highest BCUT2D eigenvalue weighted by Gasteiger charge is 2.26. The van der Waals surface area contributed by atoms with Crippen LogP contribution >= 0.6 is 0 Å². The van der Waals surface area contributed by atoms with Crippen LogP contribution < -0.4 is 4.90 Å². The molecule has 0 saturated carbocycles. The number of fused-ring (bicyclic) bond motifs is 1. The molecule has 0 N–H and O–H groups in total. The summed E-state index contributed by atoms with van der Waals surface area (Å²) < 4.78 is 26.7. The van der Waals surface area contributed by atoms with Crippen LogP contribution in [0.15, 0.2) is 36.5 Å². The maximum atomic E-state index is 13.5. The molecule has 30 heavy (non-hydrogen) atoms. The summed E-state index contributed by atoms with van der Waals surface area (Å²) in [6.45, 7) is 5.88. The molecule has 4 rings (SSSR count). The highest BCUT2D eigenvalue weighted by atomic mass is 19.2. The standard InChI is InChI=1S/C23H20F2N4O/c1-14-9-15(2)21-18(10-14)22(17(12-26)13-27-21)28-5-7-29(8-6-28)23(30)16-3-4-19(24)20(25)11-16/h3-4,9-11,13H,5-8H2,1-2H3. The van der Waals surface area contributed by atoms with Crippen molar-refractivity contribution in [1.29, 1.82) is 5.26 Å². The highest BCUT2D eigenvalue weighted by molar-refractivity contribution is 5.97.